The molecule has 4 aliphatic carbocycles. The minimum absolute atomic E-state index is 0.0379. The van der Waals surface area contributed by atoms with Gasteiger partial charge in [-0.3, -0.25) is 14.5 Å². The lowest BCUT2D eigenvalue weighted by molar-refractivity contribution is -0.181. The smallest absolute Gasteiger partial charge is 0.343 e. The highest BCUT2D eigenvalue weighted by molar-refractivity contribution is 6.32. The van der Waals surface area contributed by atoms with Gasteiger partial charge in [-0.25, -0.2) is 4.79 Å². The van der Waals surface area contributed by atoms with E-state index in [0.717, 1.165) is 61.8 Å². The first-order valence-electron chi connectivity index (χ1n) is 11.8. The van der Waals surface area contributed by atoms with Gasteiger partial charge in [0, 0.05) is 23.2 Å². The number of aromatic nitrogens is 1. The van der Waals surface area contributed by atoms with Crippen molar-refractivity contribution in [3.05, 3.63) is 50.8 Å². The van der Waals surface area contributed by atoms with E-state index in [2.05, 4.69) is 11.1 Å². The number of halogens is 1. The zero-order valence-corrected chi connectivity index (χ0v) is 19.7. The van der Waals surface area contributed by atoms with E-state index in [-0.39, 0.29) is 33.4 Å². The van der Waals surface area contributed by atoms with Crippen LogP contribution in [0.3, 0.4) is 0 Å². The minimum atomic E-state index is -0.625. The van der Waals surface area contributed by atoms with Crippen molar-refractivity contribution in [2.45, 2.75) is 56.5 Å². The number of benzene rings is 1. The van der Waals surface area contributed by atoms with Gasteiger partial charge in [0.1, 0.15) is 11.3 Å². The summed E-state index contributed by atoms with van der Waals surface area (Å²) < 4.78 is 13.1. The standard InChI is InChI=1S/C26H24ClN3O4/c1-33-23(32)17-9-29-20(8-21(17)31)15-6-18(27)22(34-14-25-10-24(11-25,12-25)13-28)7-16(15)19-2-3-26(4-5-26)30(19)29/h6-9,19H,2-5,10-12,14H2,1H3/t19-,24?,25?/m1/s1. The molecule has 2 bridgehead atoms. The fraction of sp³-hybridized carbons (Fsp3) is 0.500. The zero-order valence-electron chi connectivity index (χ0n) is 18.9. The van der Waals surface area contributed by atoms with E-state index in [1.165, 1.54) is 13.2 Å². The number of hydrogen-bond acceptors (Lipinski definition) is 6. The molecule has 8 rings (SSSR count). The van der Waals surface area contributed by atoms with Crippen LogP contribution in [0.4, 0.5) is 0 Å². The fourth-order valence-corrected chi connectivity index (χ4v) is 7.32. The molecule has 8 heteroatoms. The Morgan fingerprint density at radius 2 is 2.00 bits per heavy atom. The van der Waals surface area contributed by atoms with Crippen LogP contribution in [-0.2, 0) is 4.74 Å². The number of nitrogens with zero attached hydrogens (tertiary/aromatic N) is 3. The van der Waals surface area contributed by atoms with Crippen LogP contribution in [0.2, 0.25) is 5.02 Å². The molecule has 1 atom stereocenters. The predicted molar refractivity (Wildman–Crippen MR) is 124 cm³/mol. The lowest BCUT2D eigenvalue weighted by Crippen LogP contribution is -2.63. The highest BCUT2D eigenvalue weighted by atomic mass is 35.5. The maximum absolute atomic E-state index is 12.8. The van der Waals surface area contributed by atoms with Crippen LogP contribution in [0.1, 0.15) is 66.9 Å². The van der Waals surface area contributed by atoms with E-state index < -0.39 is 5.97 Å². The lowest BCUT2D eigenvalue weighted by Gasteiger charge is -2.66. The number of esters is 1. The largest absolute Gasteiger partial charge is 0.491 e. The number of hydrogen-bond donors (Lipinski definition) is 0. The Balaban J connectivity index is 1.30. The Bertz CT molecular complexity index is 1370. The SMILES string of the molecule is COC(=O)c1cn2c(cc1=O)-c1cc(Cl)c(OCC34CC(C#N)(C3)C4)cc1[C@H]1CCC3(CC3)N12. The average molecular weight is 478 g/mol. The second-order valence-corrected chi connectivity index (χ2v) is 11.4. The molecule has 0 N–H and O–H groups in total. The van der Waals surface area contributed by atoms with Crippen molar-refractivity contribution >= 4 is 17.6 Å². The first-order chi connectivity index (χ1) is 16.3. The quantitative estimate of drug-likeness (QED) is 0.609. The molecule has 0 amide bonds. The van der Waals surface area contributed by atoms with Gasteiger partial charge in [-0.2, -0.15) is 5.26 Å². The van der Waals surface area contributed by atoms with Crippen LogP contribution >= 0.6 is 11.6 Å². The molecule has 6 aliphatic rings. The summed E-state index contributed by atoms with van der Waals surface area (Å²) in [5, 5.41) is 12.1. The highest BCUT2D eigenvalue weighted by Gasteiger charge is 2.68. The number of fused-ring (bicyclic) bond motifs is 7. The monoisotopic (exact) mass is 477 g/mol. The summed E-state index contributed by atoms with van der Waals surface area (Å²) in [6.07, 6.45) is 8.62. The molecule has 174 valence electrons. The van der Waals surface area contributed by atoms with Gasteiger partial charge in [-0.15, -0.1) is 0 Å². The first-order valence-corrected chi connectivity index (χ1v) is 12.2. The number of carbonyl (C=O) groups excluding carboxylic acids is 1. The van der Waals surface area contributed by atoms with E-state index in [0.29, 0.717) is 17.4 Å². The number of rotatable bonds is 4. The topological polar surface area (TPSA) is 84.6 Å². The maximum Gasteiger partial charge on any atom is 0.343 e. The summed E-state index contributed by atoms with van der Waals surface area (Å²) in [4.78, 5) is 25.1. The summed E-state index contributed by atoms with van der Waals surface area (Å²) in [6, 6.07) is 8.02. The third-order valence-corrected chi connectivity index (χ3v) is 9.11. The van der Waals surface area contributed by atoms with Crippen LogP contribution in [0.25, 0.3) is 11.3 Å². The number of nitriles is 1. The number of pyridine rings is 1. The van der Waals surface area contributed by atoms with Crippen LogP contribution in [0.15, 0.2) is 29.2 Å². The van der Waals surface area contributed by atoms with Crippen molar-refractivity contribution in [2.24, 2.45) is 10.8 Å². The predicted octanol–water partition coefficient (Wildman–Crippen LogP) is 4.35. The molecule has 0 unspecified atom stereocenters. The average Bonchev–Trinajstić information content (AvgIpc) is 3.45. The molecule has 34 heavy (non-hydrogen) atoms. The Kier molecular flexibility index (Phi) is 3.82. The maximum atomic E-state index is 12.8. The van der Waals surface area contributed by atoms with Crippen LogP contribution in [0.5, 0.6) is 5.75 Å². The Hall–Kier alpha value is -2.98. The molecule has 2 aromatic rings. The van der Waals surface area contributed by atoms with E-state index in [9.17, 15) is 14.9 Å². The van der Waals surface area contributed by atoms with Gasteiger partial charge in [-0.05, 0) is 62.6 Å². The summed E-state index contributed by atoms with van der Waals surface area (Å²) >= 11 is 6.69. The molecule has 7 nitrogen and oxygen atoms in total. The van der Waals surface area contributed by atoms with E-state index in [4.69, 9.17) is 21.1 Å². The lowest BCUT2D eigenvalue weighted by atomic mass is 9.36. The Morgan fingerprint density at radius 3 is 2.68 bits per heavy atom. The van der Waals surface area contributed by atoms with Gasteiger partial charge in [-0.1, -0.05) is 11.6 Å². The number of ether oxygens (including phenoxy) is 2. The van der Waals surface area contributed by atoms with Crippen molar-refractivity contribution in [1.29, 1.82) is 5.26 Å². The number of methoxy groups -OCH3 is 1. The van der Waals surface area contributed by atoms with Crippen LogP contribution in [0, 0.1) is 22.2 Å². The summed E-state index contributed by atoms with van der Waals surface area (Å²) in [6.45, 7) is 0.575. The second kappa shape index (κ2) is 6.37. The highest BCUT2D eigenvalue weighted by Crippen LogP contribution is 2.73. The Morgan fingerprint density at radius 1 is 1.24 bits per heavy atom. The van der Waals surface area contributed by atoms with Gasteiger partial charge >= 0.3 is 5.97 Å². The summed E-state index contributed by atoms with van der Waals surface area (Å²) in [7, 11) is 1.29. The molecule has 5 fully saturated rings. The van der Waals surface area contributed by atoms with Crippen LogP contribution < -0.4 is 15.2 Å². The molecule has 4 saturated carbocycles. The van der Waals surface area contributed by atoms with Crippen molar-refractivity contribution < 1.29 is 14.3 Å². The molecule has 1 spiro atoms. The van der Waals surface area contributed by atoms with Crippen molar-refractivity contribution in [2.75, 3.05) is 18.7 Å². The van der Waals surface area contributed by atoms with Gasteiger partial charge in [0.05, 0.1) is 47.5 Å². The van der Waals surface area contributed by atoms with Gasteiger partial charge < -0.3 is 9.47 Å². The van der Waals surface area contributed by atoms with Gasteiger partial charge in [0.15, 0.2) is 5.43 Å². The summed E-state index contributed by atoms with van der Waals surface area (Å²) in [5.74, 6) is 0.0371. The fourth-order valence-electron chi connectivity index (χ4n) is 7.11. The molecule has 1 aromatic carbocycles. The van der Waals surface area contributed by atoms with Gasteiger partial charge in [0.2, 0.25) is 0 Å². The molecule has 0 radical (unpaired) electrons. The van der Waals surface area contributed by atoms with Crippen molar-refractivity contribution in [3.63, 3.8) is 0 Å². The van der Waals surface area contributed by atoms with Crippen LogP contribution in [-0.4, -0.2) is 29.9 Å². The normalized spacial score (nSPS) is 30.3. The zero-order chi connectivity index (χ0) is 23.5. The summed E-state index contributed by atoms with van der Waals surface area (Å²) in [5.41, 5.74) is 2.51. The van der Waals surface area contributed by atoms with Gasteiger partial charge in [0.25, 0.3) is 0 Å². The third kappa shape index (κ3) is 2.52. The molecular weight excluding hydrogens is 454 g/mol. The number of carbonyl (C=O) groups is 1. The van der Waals surface area contributed by atoms with E-state index in [1.54, 1.807) is 6.20 Å². The van der Waals surface area contributed by atoms with Crippen molar-refractivity contribution in [3.8, 4) is 23.1 Å². The molecule has 3 heterocycles. The minimum Gasteiger partial charge on any atom is -0.491 e. The molecule has 1 aromatic heterocycles. The van der Waals surface area contributed by atoms with E-state index >= 15 is 0 Å². The van der Waals surface area contributed by atoms with Crippen molar-refractivity contribution in [1.82, 2.24) is 4.68 Å². The first kappa shape index (κ1) is 20.4. The Labute approximate surface area is 201 Å². The third-order valence-electron chi connectivity index (χ3n) is 8.81. The molecular formula is C26H24ClN3O4. The van der Waals surface area contributed by atoms with E-state index in [1.807, 2.05) is 16.8 Å². The molecule has 2 aliphatic heterocycles. The molecule has 1 saturated heterocycles. The second-order valence-electron chi connectivity index (χ2n) is 11.0.